The Morgan fingerprint density at radius 2 is 2.14 bits per heavy atom. The van der Waals surface area contributed by atoms with Crippen LogP contribution in [0.3, 0.4) is 0 Å². The molecule has 10 heteroatoms. The van der Waals surface area contributed by atoms with E-state index in [1.54, 1.807) is 6.92 Å². The van der Waals surface area contributed by atoms with Crippen LogP contribution in [-0.4, -0.2) is 39.1 Å². The van der Waals surface area contributed by atoms with Crippen LogP contribution in [0.25, 0.3) is 0 Å². The second kappa shape index (κ2) is 6.92. The van der Waals surface area contributed by atoms with Crippen LogP contribution < -0.4 is 10.6 Å². The molecule has 0 radical (unpaired) electrons. The molecule has 2 aromatic heterocycles. The summed E-state index contributed by atoms with van der Waals surface area (Å²) in [5.41, 5.74) is 3.07. The van der Waals surface area contributed by atoms with Crippen LogP contribution in [0.4, 0.5) is 30.6 Å². The lowest BCUT2D eigenvalue weighted by Gasteiger charge is -2.14. The van der Waals surface area contributed by atoms with Crippen molar-refractivity contribution in [3.05, 3.63) is 34.8 Å². The van der Waals surface area contributed by atoms with Crippen LogP contribution in [-0.2, 0) is 6.18 Å². The summed E-state index contributed by atoms with van der Waals surface area (Å²) in [5, 5.41) is 10.2. The highest BCUT2D eigenvalue weighted by atomic mass is 19.4. The summed E-state index contributed by atoms with van der Waals surface area (Å²) in [6, 6.07) is 0.164. The molecule has 0 saturated carbocycles. The Labute approximate surface area is 159 Å². The van der Waals surface area contributed by atoms with Crippen LogP contribution in [0.1, 0.15) is 37.1 Å². The molecule has 1 atom stereocenters. The van der Waals surface area contributed by atoms with E-state index in [1.807, 2.05) is 24.0 Å². The number of aliphatic imine (C=N–C) groups is 1. The fourth-order valence-electron chi connectivity index (χ4n) is 3.58. The summed E-state index contributed by atoms with van der Waals surface area (Å²) in [5.74, 6) is -0.159. The molecule has 4 rings (SSSR count). The first kappa shape index (κ1) is 18.5. The van der Waals surface area contributed by atoms with Crippen molar-refractivity contribution < 1.29 is 13.2 Å². The molecule has 7 nitrogen and oxygen atoms in total. The molecular weight excluding hydrogens is 371 g/mol. The number of rotatable bonds is 5. The van der Waals surface area contributed by atoms with E-state index in [0.29, 0.717) is 18.8 Å². The van der Waals surface area contributed by atoms with Gasteiger partial charge in [0.2, 0.25) is 5.95 Å². The second-order valence-corrected chi connectivity index (χ2v) is 6.79. The first-order valence-electron chi connectivity index (χ1n) is 9.09. The number of anilines is 3. The van der Waals surface area contributed by atoms with Gasteiger partial charge in [-0.1, -0.05) is 0 Å². The SMILES string of the molecule is CCNc1nc(Nc2cn(C3CCC4=C3CN=C4)nc2C)ncc1C(F)(F)F. The molecule has 0 spiro atoms. The summed E-state index contributed by atoms with van der Waals surface area (Å²) >= 11 is 0. The van der Waals surface area contributed by atoms with E-state index in [4.69, 9.17) is 0 Å². The summed E-state index contributed by atoms with van der Waals surface area (Å²) < 4.78 is 41.2. The van der Waals surface area contributed by atoms with Gasteiger partial charge in [0.25, 0.3) is 0 Å². The van der Waals surface area contributed by atoms with Crippen molar-refractivity contribution in [1.82, 2.24) is 19.7 Å². The van der Waals surface area contributed by atoms with Gasteiger partial charge in [-0.2, -0.15) is 23.3 Å². The van der Waals surface area contributed by atoms with E-state index in [0.717, 1.165) is 24.7 Å². The Balaban J connectivity index is 1.58. The molecule has 0 aromatic carbocycles. The summed E-state index contributed by atoms with van der Waals surface area (Å²) in [4.78, 5) is 12.2. The van der Waals surface area contributed by atoms with Crippen LogP contribution in [0, 0.1) is 6.92 Å². The molecule has 2 aromatic rings. The minimum absolute atomic E-state index is 0.0853. The van der Waals surface area contributed by atoms with Crippen molar-refractivity contribution in [3.63, 3.8) is 0 Å². The molecule has 1 aliphatic carbocycles. The maximum absolute atomic E-state index is 13.1. The first-order chi connectivity index (χ1) is 13.4. The largest absolute Gasteiger partial charge is 0.421 e. The minimum Gasteiger partial charge on any atom is -0.370 e. The summed E-state index contributed by atoms with van der Waals surface area (Å²) in [7, 11) is 0. The van der Waals surface area contributed by atoms with Gasteiger partial charge in [-0.3, -0.25) is 9.67 Å². The van der Waals surface area contributed by atoms with Crippen LogP contribution in [0.15, 0.2) is 28.5 Å². The Morgan fingerprint density at radius 3 is 2.89 bits per heavy atom. The van der Waals surface area contributed by atoms with Crippen LogP contribution in [0.5, 0.6) is 0 Å². The first-order valence-corrected chi connectivity index (χ1v) is 9.09. The van der Waals surface area contributed by atoms with E-state index in [2.05, 4.69) is 30.7 Å². The van der Waals surface area contributed by atoms with Crippen molar-refractivity contribution >= 4 is 23.7 Å². The molecule has 0 amide bonds. The Morgan fingerprint density at radius 1 is 1.32 bits per heavy atom. The van der Waals surface area contributed by atoms with Crippen LogP contribution >= 0.6 is 0 Å². The lowest BCUT2D eigenvalue weighted by atomic mass is 10.1. The molecule has 3 heterocycles. The van der Waals surface area contributed by atoms with E-state index in [-0.39, 0.29) is 17.8 Å². The molecule has 2 aliphatic rings. The number of aryl methyl sites for hydroxylation is 1. The van der Waals surface area contributed by atoms with Gasteiger partial charge in [0.05, 0.1) is 24.0 Å². The van der Waals surface area contributed by atoms with Crippen molar-refractivity contribution in [3.8, 4) is 0 Å². The van der Waals surface area contributed by atoms with Gasteiger partial charge in [0.1, 0.15) is 11.4 Å². The van der Waals surface area contributed by atoms with Crippen molar-refractivity contribution in [2.24, 2.45) is 4.99 Å². The summed E-state index contributed by atoms with van der Waals surface area (Å²) in [6.45, 7) is 4.57. The van der Waals surface area contributed by atoms with Gasteiger partial charge in [-0.25, -0.2) is 4.98 Å². The Bertz CT molecular complexity index is 959. The number of allylic oxidation sites excluding steroid dienone is 1. The molecule has 1 unspecified atom stereocenters. The quantitative estimate of drug-likeness (QED) is 0.808. The lowest BCUT2D eigenvalue weighted by Crippen LogP contribution is -2.14. The van der Waals surface area contributed by atoms with Gasteiger partial charge < -0.3 is 10.6 Å². The highest BCUT2D eigenvalue weighted by molar-refractivity contribution is 5.83. The fraction of sp³-hybridized carbons (Fsp3) is 0.444. The predicted octanol–water partition coefficient (Wildman–Crippen LogP) is 3.89. The van der Waals surface area contributed by atoms with Gasteiger partial charge in [-0.05, 0) is 37.8 Å². The topological polar surface area (TPSA) is 80.0 Å². The van der Waals surface area contributed by atoms with Crippen molar-refractivity contribution in [1.29, 1.82) is 0 Å². The number of hydrogen-bond donors (Lipinski definition) is 2. The van der Waals surface area contributed by atoms with Gasteiger partial charge in [0.15, 0.2) is 0 Å². The number of nitrogens with zero attached hydrogens (tertiary/aromatic N) is 5. The molecule has 2 N–H and O–H groups in total. The fourth-order valence-corrected chi connectivity index (χ4v) is 3.58. The standard InChI is InChI=1S/C18H20F3N7/c1-3-23-16-13(18(19,20)21)8-24-17(26-16)25-14-9-28(27-10(14)2)15-5-4-11-6-22-7-12(11)15/h6,8-9,15H,3-5,7H2,1-2H3,(H2,23,24,25,26). The molecule has 148 valence electrons. The molecular formula is C18H20F3N7. The molecule has 0 fully saturated rings. The average molecular weight is 391 g/mol. The molecule has 28 heavy (non-hydrogen) atoms. The third kappa shape index (κ3) is 3.34. The second-order valence-electron chi connectivity index (χ2n) is 6.79. The van der Waals surface area contributed by atoms with Crippen molar-refractivity contribution in [2.45, 2.75) is 38.9 Å². The zero-order chi connectivity index (χ0) is 19.9. The molecule has 1 aliphatic heterocycles. The van der Waals surface area contributed by atoms with Gasteiger partial charge >= 0.3 is 6.18 Å². The van der Waals surface area contributed by atoms with E-state index in [9.17, 15) is 13.2 Å². The Hall–Kier alpha value is -2.91. The number of nitrogens with one attached hydrogen (secondary N) is 2. The number of aromatic nitrogens is 4. The molecule has 0 saturated heterocycles. The number of hydrogen-bond acceptors (Lipinski definition) is 6. The smallest absolute Gasteiger partial charge is 0.370 e. The van der Waals surface area contributed by atoms with Crippen molar-refractivity contribution in [2.75, 3.05) is 23.7 Å². The zero-order valence-corrected chi connectivity index (χ0v) is 15.5. The molecule has 0 bridgehead atoms. The van der Waals surface area contributed by atoms with Gasteiger partial charge in [-0.15, -0.1) is 0 Å². The van der Waals surface area contributed by atoms with Gasteiger partial charge in [0, 0.05) is 25.2 Å². The predicted molar refractivity (Wildman–Crippen MR) is 100 cm³/mol. The zero-order valence-electron chi connectivity index (χ0n) is 15.5. The maximum atomic E-state index is 13.1. The third-order valence-corrected chi connectivity index (χ3v) is 4.93. The summed E-state index contributed by atoms with van der Waals surface area (Å²) in [6.07, 6.45) is 2.01. The monoisotopic (exact) mass is 391 g/mol. The normalized spacial score (nSPS) is 18.7. The van der Waals surface area contributed by atoms with E-state index < -0.39 is 11.7 Å². The number of alkyl halides is 3. The highest BCUT2D eigenvalue weighted by Crippen LogP contribution is 2.38. The lowest BCUT2D eigenvalue weighted by molar-refractivity contribution is -0.137. The van der Waals surface area contributed by atoms with E-state index >= 15 is 0 Å². The maximum Gasteiger partial charge on any atom is 0.421 e. The minimum atomic E-state index is -4.52. The highest BCUT2D eigenvalue weighted by Gasteiger charge is 2.35. The van der Waals surface area contributed by atoms with E-state index in [1.165, 1.54) is 11.1 Å². The van der Waals surface area contributed by atoms with Crippen LogP contribution in [0.2, 0.25) is 0 Å². The average Bonchev–Trinajstić information content (AvgIpc) is 3.31. The Kier molecular flexibility index (Phi) is 4.56. The number of halogens is 3. The third-order valence-electron chi connectivity index (χ3n) is 4.93.